The van der Waals surface area contributed by atoms with Crippen LogP contribution < -0.4 is 21.7 Å². The van der Waals surface area contributed by atoms with Crippen molar-refractivity contribution in [1.82, 2.24) is 25.8 Å². The van der Waals surface area contributed by atoms with Crippen LogP contribution >= 0.6 is 11.8 Å². The minimum Gasteiger partial charge on any atom is -0.481 e. The van der Waals surface area contributed by atoms with Crippen LogP contribution in [0.2, 0.25) is 0 Å². The number of amides is 5. The molecule has 0 radical (unpaired) electrons. The van der Waals surface area contributed by atoms with Crippen molar-refractivity contribution in [3.8, 4) is 0 Å². The molecule has 2 rings (SSSR count). The number of nitrogens with one attached hydrogen (secondary N) is 3. The Hall–Kier alpha value is -3.93. The van der Waals surface area contributed by atoms with E-state index < -0.39 is 90.1 Å². The van der Waals surface area contributed by atoms with Gasteiger partial charge in [0.1, 0.15) is 30.2 Å². The second-order valence-corrected chi connectivity index (χ2v) is 13.8. The Morgan fingerprint density at radius 1 is 0.755 bits per heavy atom. The van der Waals surface area contributed by atoms with Crippen LogP contribution in [0, 0.1) is 5.92 Å². The van der Waals surface area contributed by atoms with Crippen LogP contribution in [-0.2, 0) is 38.4 Å². The fraction of sp³-hybridized carbons (Fsp3) is 0.742. The first-order valence-electron chi connectivity index (χ1n) is 16.5. The lowest BCUT2D eigenvalue weighted by Crippen LogP contribution is -2.58. The Labute approximate surface area is 289 Å². The van der Waals surface area contributed by atoms with E-state index in [1.165, 1.54) is 21.6 Å². The number of hydrogen-bond donors (Lipinski definition) is 7. The van der Waals surface area contributed by atoms with Gasteiger partial charge in [0, 0.05) is 25.9 Å². The summed E-state index contributed by atoms with van der Waals surface area (Å²) in [5.74, 6) is -6.50. The number of likely N-dealkylation sites (tertiary alicyclic amines) is 2. The zero-order valence-electron chi connectivity index (χ0n) is 28.2. The number of rotatable bonds is 20. The Morgan fingerprint density at radius 2 is 1.29 bits per heavy atom. The molecule has 0 aromatic rings. The number of carbonyl (C=O) groups excluding carboxylic acids is 5. The summed E-state index contributed by atoms with van der Waals surface area (Å²) in [6.07, 6.45) is 2.37. The number of carboxylic acid groups (broad SMARTS) is 3. The van der Waals surface area contributed by atoms with Gasteiger partial charge in [-0.25, -0.2) is 4.79 Å². The number of nitrogens with two attached hydrogens (primary N) is 1. The molecule has 0 bridgehead atoms. The average molecular weight is 715 g/mol. The van der Waals surface area contributed by atoms with Gasteiger partial charge >= 0.3 is 17.9 Å². The molecule has 2 aliphatic rings. The Balaban J connectivity index is 2.20. The first-order chi connectivity index (χ1) is 23.1. The summed E-state index contributed by atoms with van der Waals surface area (Å²) in [5, 5.41) is 35.4. The zero-order chi connectivity index (χ0) is 36.8. The lowest BCUT2D eigenvalue weighted by Gasteiger charge is -2.32. The molecule has 5 amide bonds. The summed E-state index contributed by atoms with van der Waals surface area (Å²) >= 11 is 1.39. The molecule has 0 aromatic heterocycles. The second kappa shape index (κ2) is 19.9. The minimum atomic E-state index is -1.39. The summed E-state index contributed by atoms with van der Waals surface area (Å²) in [6, 6.07) is -6.79. The Morgan fingerprint density at radius 3 is 1.84 bits per heavy atom. The number of aliphatic carboxylic acids is 3. The lowest BCUT2D eigenvalue weighted by molar-refractivity contribution is -0.147. The molecular formula is C31H50N6O11S. The monoisotopic (exact) mass is 714 g/mol. The van der Waals surface area contributed by atoms with E-state index in [1.54, 1.807) is 20.1 Å². The van der Waals surface area contributed by atoms with Gasteiger partial charge in [0.05, 0.1) is 6.04 Å². The summed E-state index contributed by atoms with van der Waals surface area (Å²) < 4.78 is 0. The van der Waals surface area contributed by atoms with Gasteiger partial charge in [-0.05, 0) is 69.3 Å². The molecule has 2 fully saturated rings. The first kappa shape index (κ1) is 41.2. The molecule has 0 aromatic carbocycles. The normalized spacial score (nSPS) is 19.9. The predicted molar refractivity (Wildman–Crippen MR) is 177 cm³/mol. The largest absolute Gasteiger partial charge is 0.481 e. The Kier molecular flexibility index (Phi) is 16.8. The second-order valence-electron chi connectivity index (χ2n) is 12.8. The molecule has 6 unspecified atom stereocenters. The predicted octanol–water partition coefficient (Wildman–Crippen LogP) is -0.636. The quantitative estimate of drug-likeness (QED) is 0.0829. The maximum atomic E-state index is 13.7. The van der Waals surface area contributed by atoms with Crippen molar-refractivity contribution in [2.45, 2.75) is 114 Å². The van der Waals surface area contributed by atoms with Crippen molar-refractivity contribution in [2.24, 2.45) is 11.7 Å². The maximum Gasteiger partial charge on any atom is 0.326 e. The highest BCUT2D eigenvalue weighted by molar-refractivity contribution is 7.98. The summed E-state index contributed by atoms with van der Waals surface area (Å²) in [6.45, 7) is 4.04. The van der Waals surface area contributed by atoms with Crippen molar-refractivity contribution < 1.29 is 53.7 Å². The molecular weight excluding hydrogens is 664 g/mol. The molecule has 2 aliphatic heterocycles. The molecule has 0 spiro atoms. The van der Waals surface area contributed by atoms with Crippen LogP contribution in [0.1, 0.15) is 78.1 Å². The van der Waals surface area contributed by atoms with Gasteiger partial charge in [-0.15, -0.1) is 0 Å². The van der Waals surface area contributed by atoms with E-state index in [1.807, 2.05) is 0 Å². The van der Waals surface area contributed by atoms with Crippen molar-refractivity contribution in [3.63, 3.8) is 0 Å². The highest BCUT2D eigenvalue weighted by Gasteiger charge is 2.43. The number of hydrogen-bond acceptors (Lipinski definition) is 10. The average Bonchev–Trinajstić information content (AvgIpc) is 3.73. The van der Waals surface area contributed by atoms with Gasteiger partial charge in [0.2, 0.25) is 29.5 Å². The standard InChI is InChI=1S/C31H50N6O11S/c1-17(2)16-21(31(47)48)35-27(43)20(12-15-49-3)33-26(42)19(9-11-25(40)41)34-28(44)22-6-4-13-36(22)30(46)23-7-5-14-37(23)29(45)18(32)8-10-24(38)39/h17-23H,4-16,32H2,1-3H3,(H,33,42)(H,34,44)(H,35,43)(H,38,39)(H,40,41)(H,47,48). The smallest absolute Gasteiger partial charge is 0.326 e. The van der Waals surface area contributed by atoms with Gasteiger partial charge in [0.15, 0.2) is 0 Å². The third kappa shape index (κ3) is 12.8. The van der Waals surface area contributed by atoms with Crippen molar-refractivity contribution >= 4 is 59.2 Å². The molecule has 0 saturated carbocycles. The van der Waals surface area contributed by atoms with Gasteiger partial charge in [-0.1, -0.05) is 13.8 Å². The Bertz CT molecular complexity index is 1230. The van der Waals surface area contributed by atoms with Crippen LogP contribution in [0.4, 0.5) is 0 Å². The molecule has 2 saturated heterocycles. The van der Waals surface area contributed by atoms with E-state index in [-0.39, 0.29) is 57.5 Å². The van der Waals surface area contributed by atoms with Crippen molar-refractivity contribution in [2.75, 3.05) is 25.1 Å². The molecule has 8 N–H and O–H groups in total. The molecule has 2 heterocycles. The van der Waals surface area contributed by atoms with E-state index in [0.717, 1.165) is 0 Å². The van der Waals surface area contributed by atoms with Crippen LogP contribution in [0.15, 0.2) is 0 Å². The fourth-order valence-corrected chi connectivity index (χ4v) is 6.42. The van der Waals surface area contributed by atoms with Crippen LogP contribution in [0.25, 0.3) is 0 Å². The van der Waals surface area contributed by atoms with Gasteiger partial charge in [-0.3, -0.25) is 33.6 Å². The van der Waals surface area contributed by atoms with Crippen LogP contribution in [0.3, 0.4) is 0 Å². The number of carbonyl (C=O) groups is 8. The van der Waals surface area contributed by atoms with E-state index in [0.29, 0.717) is 25.0 Å². The zero-order valence-corrected chi connectivity index (χ0v) is 29.0. The molecule has 0 aliphatic carbocycles. The van der Waals surface area contributed by atoms with Gasteiger partial charge in [0.25, 0.3) is 0 Å². The molecule has 49 heavy (non-hydrogen) atoms. The fourth-order valence-electron chi connectivity index (χ4n) is 5.94. The van der Waals surface area contributed by atoms with Crippen LogP contribution in [0.5, 0.6) is 0 Å². The summed E-state index contributed by atoms with van der Waals surface area (Å²) in [4.78, 5) is 104. The third-order valence-corrected chi connectivity index (χ3v) is 9.14. The van der Waals surface area contributed by atoms with E-state index >= 15 is 0 Å². The maximum absolute atomic E-state index is 13.7. The minimum absolute atomic E-state index is 0.0445. The lowest BCUT2D eigenvalue weighted by atomic mass is 10.0. The molecule has 6 atom stereocenters. The van der Waals surface area contributed by atoms with E-state index in [9.17, 15) is 48.6 Å². The highest BCUT2D eigenvalue weighted by atomic mass is 32.2. The molecule has 17 nitrogen and oxygen atoms in total. The third-order valence-electron chi connectivity index (χ3n) is 8.49. The summed E-state index contributed by atoms with van der Waals surface area (Å²) in [5.41, 5.74) is 5.93. The first-order valence-corrected chi connectivity index (χ1v) is 17.9. The van der Waals surface area contributed by atoms with Gasteiger partial charge in [-0.2, -0.15) is 11.8 Å². The van der Waals surface area contributed by atoms with Crippen molar-refractivity contribution in [3.05, 3.63) is 0 Å². The number of carboxylic acids is 3. The topological polar surface area (TPSA) is 266 Å². The van der Waals surface area contributed by atoms with E-state index in [4.69, 9.17) is 10.8 Å². The molecule has 276 valence electrons. The highest BCUT2D eigenvalue weighted by Crippen LogP contribution is 2.26. The number of nitrogens with zero attached hydrogens (tertiary/aromatic N) is 2. The van der Waals surface area contributed by atoms with Gasteiger partial charge < -0.3 is 46.8 Å². The molecule has 18 heteroatoms. The van der Waals surface area contributed by atoms with Crippen LogP contribution in [-0.4, -0.2) is 134 Å². The number of thioether (sulfide) groups is 1. The summed E-state index contributed by atoms with van der Waals surface area (Å²) in [7, 11) is 0. The SMILES string of the molecule is CSCCC(NC(=O)C(CCC(=O)O)NC(=O)C1CCCN1C(=O)C1CCCN1C(=O)C(N)CCC(=O)O)C(=O)NC(CC(C)C)C(=O)O. The van der Waals surface area contributed by atoms with Crippen molar-refractivity contribution in [1.29, 1.82) is 0 Å². The van der Waals surface area contributed by atoms with E-state index in [2.05, 4.69) is 16.0 Å².